The standard InChI is InChI=1S/C15H24ClFN2/c1-11(2)7-13(19(3)4)10-18-9-12-5-6-15(17)14(16)8-12/h5-6,8,11,13,18H,7,9-10H2,1-4H3. The zero-order chi connectivity index (χ0) is 14.4. The molecule has 1 atom stereocenters. The third-order valence-electron chi connectivity index (χ3n) is 3.17. The summed E-state index contributed by atoms with van der Waals surface area (Å²) in [5, 5.41) is 3.60. The summed E-state index contributed by atoms with van der Waals surface area (Å²) >= 11 is 5.76. The molecule has 0 radical (unpaired) electrons. The number of likely N-dealkylation sites (N-methyl/N-ethyl adjacent to an activating group) is 1. The Labute approximate surface area is 120 Å². The summed E-state index contributed by atoms with van der Waals surface area (Å²) in [6.45, 7) is 6.09. The molecule has 0 spiro atoms. The van der Waals surface area contributed by atoms with Crippen molar-refractivity contribution in [2.75, 3.05) is 20.6 Å². The maximum absolute atomic E-state index is 13.0. The molecule has 0 aliphatic rings. The minimum Gasteiger partial charge on any atom is -0.311 e. The molecule has 0 saturated heterocycles. The molecule has 1 aromatic rings. The molecule has 0 saturated carbocycles. The second kappa shape index (κ2) is 7.83. The highest BCUT2D eigenvalue weighted by molar-refractivity contribution is 6.30. The summed E-state index contributed by atoms with van der Waals surface area (Å²) in [7, 11) is 4.20. The molecular formula is C15H24ClFN2. The van der Waals surface area contributed by atoms with Crippen molar-refractivity contribution in [3.8, 4) is 0 Å². The largest absolute Gasteiger partial charge is 0.311 e. The van der Waals surface area contributed by atoms with E-state index in [1.807, 2.05) is 0 Å². The molecular weight excluding hydrogens is 263 g/mol. The van der Waals surface area contributed by atoms with Crippen LogP contribution in [0.25, 0.3) is 0 Å². The van der Waals surface area contributed by atoms with Gasteiger partial charge in [-0.05, 0) is 44.1 Å². The Kier molecular flexibility index (Phi) is 6.76. The van der Waals surface area contributed by atoms with Gasteiger partial charge in [-0.15, -0.1) is 0 Å². The third kappa shape index (κ3) is 5.89. The predicted molar refractivity (Wildman–Crippen MR) is 80.0 cm³/mol. The number of nitrogens with zero attached hydrogens (tertiary/aromatic N) is 1. The first-order chi connectivity index (χ1) is 8.90. The summed E-state index contributed by atoms with van der Waals surface area (Å²) in [4.78, 5) is 2.24. The number of rotatable bonds is 7. The van der Waals surface area contributed by atoms with Crippen LogP contribution in [0.4, 0.5) is 4.39 Å². The lowest BCUT2D eigenvalue weighted by molar-refractivity contribution is 0.246. The second-order valence-electron chi connectivity index (χ2n) is 5.63. The average molecular weight is 287 g/mol. The van der Waals surface area contributed by atoms with Gasteiger partial charge in [0.2, 0.25) is 0 Å². The molecule has 0 heterocycles. The van der Waals surface area contributed by atoms with Crippen molar-refractivity contribution in [1.82, 2.24) is 10.2 Å². The van der Waals surface area contributed by atoms with Gasteiger partial charge in [0.25, 0.3) is 0 Å². The van der Waals surface area contributed by atoms with E-state index in [0.717, 1.165) is 18.5 Å². The predicted octanol–water partition coefficient (Wildman–Crippen LogP) is 3.55. The van der Waals surface area contributed by atoms with E-state index in [0.29, 0.717) is 18.5 Å². The first-order valence-corrected chi connectivity index (χ1v) is 7.09. The molecule has 0 aliphatic heterocycles. The Morgan fingerprint density at radius 3 is 2.53 bits per heavy atom. The molecule has 4 heteroatoms. The molecule has 0 aromatic heterocycles. The quantitative estimate of drug-likeness (QED) is 0.825. The molecule has 108 valence electrons. The van der Waals surface area contributed by atoms with Crippen LogP contribution in [-0.4, -0.2) is 31.6 Å². The van der Waals surface area contributed by atoms with Gasteiger partial charge >= 0.3 is 0 Å². The Morgan fingerprint density at radius 1 is 1.32 bits per heavy atom. The van der Waals surface area contributed by atoms with Crippen LogP contribution in [0.5, 0.6) is 0 Å². The van der Waals surface area contributed by atoms with Crippen LogP contribution in [0.2, 0.25) is 5.02 Å². The summed E-state index contributed by atoms with van der Waals surface area (Å²) in [5.74, 6) is 0.311. The van der Waals surface area contributed by atoms with Crippen molar-refractivity contribution < 1.29 is 4.39 Å². The van der Waals surface area contributed by atoms with E-state index in [1.54, 1.807) is 12.1 Å². The van der Waals surface area contributed by atoms with Gasteiger partial charge in [-0.3, -0.25) is 0 Å². The molecule has 1 rings (SSSR count). The summed E-state index contributed by atoms with van der Waals surface area (Å²) in [6, 6.07) is 5.37. The monoisotopic (exact) mass is 286 g/mol. The Balaban J connectivity index is 2.45. The van der Waals surface area contributed by atoms with E-state index in [9.17, 15) is 4.39 Å². The van der Waals surface area contributed by atoms with Crippen molar-refractivity contribution in [1.29, 1.82) is 0 Å². The van der Waals surface area contributed by atoms with Crippen LogP contribution in [0.1, 0.15) is 25.8 Å². The molecule has 0 aliphatic carbocycles. The third-order valence-corrected chi connectivity index (χ3v) is 3.46. The van der Waals surface area contributed by atoms with Crippen molar-refractivity contribution in [3.05, 3.63) is 34.6 Å². The van der Waals surface area contributed by atoms with E-state index in [2.05, 4.69) is 38.2 Å². The molecule has 1 aromatic carbocycles. The minimum atomic E-state index is -0.364. The van der Waals surface area contributed by atoms with E-state index in [1.165, 1.54) is 6.07 Å². The SMILES string of the molecule is CC(C)CC(CNCc1ccc(F)c(Cl)c1)N(C)C. The first kappa shape index (κ1) is 16.4. The fourth-order valence-electron chi connectivity index (χ4n) is 2.05. The lowest BCUT2D eigenvalue weighted by Crippen LogP contribution is -2.38. The minimum absolute atomic E-state index is 0.186. The zero-order valence-corrected chi connectivity index (χ0v) is 13.0. The van der Waals surface area contributed by atoms with E-state index in [4.69, 9.17) is 11.6 Å². The normalized spacial score (nSPS) is 13.3. The maximum atomic E-state index is 13.0. The van der Waals surface area contributed by atoms with Crippen LogP contribution in [0.3, 0.4) is 0 Å². The van der Waals surface area contributed by atoms with Crippen LogP contribution in [0, 0.1) is 11.7 Å². The van der Waals surface area contributed by atoms with Gasteiger partial charge in [-0.2, -0.15) is 0 Å². The van der Waals surface area contributed by atoms with E-state index in [-0.39, 0.29) is 10.8 Å². The highest BCUT2D eigenvalue weighted by Gasteiger charge is 2.12. The van der Waals surface area contributed by atoms with Gasteiger partial charge in [0.15, 0.2) is 0 Å². The zero-order valence-electron chi connectivity index (χ0n) is 12.2. The van der Waals surface area contributed by atoms with Gasteiger partial charge in [0.05, 0.1) is 5.02 Å². The lowest BCUT2D eigenvalue weighted by Gasteiger charge is -2.26. The summed E-state index contributed by atoms with van der Waals surface area (Å²) < 4.78 is 13.0. The van der Waals surface area contributed by atoms with Crippen molar-refractivity contribution in [2.24, 2.45) is 5.92 Å². The smallest absolute Gasteiger partial charge is 0.141 e. The van der Waals surface area contributed by atoms with Crippen LogP contribution in [-0.2, 0) is 6.54 Å². The van der Waals surface area contributed by atoms with E-state index < -0.39 is 0 Å². The average Bonchev–Trinajstić information content (AvgIpc) is 2.31. The van der Waals surface area contributed by atoms with Crippen molar-refractivity contribution in [2.45, 2.75) is 32.9 Å². The molecule has 0 bridgehead atoms. The van der Waals surface area contributed by atoms with Gasteiger partial charge in [0.1, 0.15) is 5.82 Å². The first-order valence-electron chi connectivity index (χ1n) is 6.71. The number of benzene rings is 1. The molecule has 1 N–H and O–H groups in total. The maximum Gasteiger partial charge on any atom is 0.141 e. The molecule has 1 unspecified atom stereocenters. The molecule has 0 fully saturated rings. The van der Waals surface area contributed by atoms with Crippen LogP contribution in [0.15, 0.2) is 18.2 Å². The number of hydrogen-bond acceptors (Lipinski definition) is 2. The fraction of sp³-hybridized carbons (Fsp3) is 0.600. The highest BCUT2D eigenvalue weighted by atomic mass is 35.5. The Morgan fingerprint density at radius 2 is 2.00 bits per heavy atom. The second-order valence-corrected chi connectivity index (χ2v) is 6.03. The van der Waals surface area contributed by atoms with Gasteiger partial charge in [-0.1, -0.05) is 31.5 Å². The fourth-order valence-corrected chi connectivity index (χ4v) is 2.26. The van der Waals surface area contributed by atoms with Crippen LogP contribution < -0.4 is 5.32 Å². The molecule has 19 heavy (non-hydrogen) atoms. The Bertz CT molecular complexity index is 394. The van der Waals surface area contributed by atoms with Crippen molar-refractivity contribution in [3.63, 3.8) is 0 Å². The van der Waals surface area contributed by atoms with Crippen molar-refractivity contribution >= 4 is 11.6 Å². The molecule has 0 amide bonds. The van der Waals surface area contributed by atoms with Crippen LogP contribution >= 0.6 is 11.6 Å². The van der Waals surface area contributed by atoms with Gasteiger partial charge < -0.3 is 10.2 Å². The summed E-state index contributed by atoms with van der Waals surface area (Å²) in [5.41, 5.74) is 1.01. The summed E-state index contributed by atoms with van der Waals surface area (Å²) in [6.07, 6.45) is 1.16. The highest BCUT2D eigenvalue weighted by Crippen LogP contribution is 2.16. The molecule has 2 nitrogen and oxygen atoms in total. The van der Waals surface area contributed by atoms with Gasteiger partial charge in [-0.25, -0.2) is 4.39 Å². The number of nitrogens with one attached hydrogen (secondary N) is 1. The number of halogens is 2. The number of hydrogen-bond donors (Lipinski definition) is 1. The lowest BCUT2D eigenvalue weighted by atomic mass is 10.0. The Hall–Kier alpha value is -0.640. The van der Waals surface area contributed by atoms with Gasteiger partial charge in [0, 0.05) is 19.1 Å². The van der Waals surface area contributed by atoms with E-state index >= 15 is 0 Å². The topological polar surface area (TPSA) is 15.3 Å².